The molecule has 0 spiro atoms. The minimum absolute atomic E-state index is 0.0248. The van der Waals surface area contributed by atoms with E-state index in [2.05, 4.69) is 21.3 Å². The van der Waals surface area contributed by atoms with E-state index in [9.17, 15) is 27.9 Å². The molecule has 1 fully saturated rings. The van der Waals surface area contributed by atoms with Crippen molar-refractivity contribution in [2.45, 2.75) is 71.2 Å². The number of aliphatic carboxylic acids is 1. The lowest BCUT2D eigenvalue weighted by atomic mass is 9.74. The van der Waals surface area contributed by atoms with Crippen molar-refractivity contribution in [1.82, 2.24) is 19.8 Å². The summed E-state index contributed by atoms with van der Waals surface area (Å²) in [5, 5.41) is 24.4. The molecule has 0 aliphatic carbocycles. The zero-order valence-corrected chi connectivity index (χ0v) is 29.5. The summed E-state index contributed by atoms with van der Waals surface area (Å²) in [6, 6.07) is 5.33. The molecule has 2 aliphatic heterocycles. The van der Waals surface area contributed by atoms with Gasteiger partial charge in [-0.05, 0) is 56.5 Å². The number of ether oxygens (including phenoxy) is 1. The lowest BCUT2D eigenvalue weighted by Gasteiger charge is -2.50. The molecule has 18 nitrogen and oxygen atoms in total. The van der Waals surface area contributed by atoms with E-state index >= 15 is 0 Å². The number of nitrogens with one attached hydrogen (secondary N) is 1. The molecule has 1 amide bonds. The van der Waals surface area contributed by atoms with E-state index in [1.807, 2.05) is 15.9 Å². The number of nitrogens with two attached hydrogens (primary N) is 2. The van der Waals surface area contributed by atoms with Gasteiger partial charge in [0.05, 0.1) is 11.5 Å². The van der Waals surface area contributed by atoms with E-state index in [0.717, 1.165) is 48.3 Å². The molecule has 50 heavy (non-hydrogen) atoms. The van der Waals surface area contributed by atoms with Gasteiger partial charge in [0.25, 0.3) is 12.0 Å². The maximum atomic E-state index is 13.4. The summed E-state index contributed by atoms with van der Waals surface area (Å²) >= 11 is 0.987. The molecule has 1 saturated heterocycles. The first-order chi connectivity index (χ1) is 23.5. The Balaban J connectivity index is 1.43. The number of Topliss-reactive ketones (excluding diaryl/α,β-unsaturated/α-hetero) is 1. The number of hydroxylamine groups is 2. The van der Waals surface area contributed by atoms with Crippen LogP contribution < -0.4 is 16.2 Å². The zero-order valence-electron chi connectivity index (χ0n) is 27.9. The van der Waals surface area contributed by atoms with Gasteiger partial charge in [-0.15, -0.1) is 15.6 Å². The van der Waals surface area contributed by atoms with Crippen molar-refractivity contribution >= 4 is 56.2 Å². The van der Waals surface area contributed by atoms with Crippen LogP contribution in [0.4, 0.5) is 5.13 Å². The van der Waals surface area contributed by atoms with Crippen molar-refractivity contribution < 1.29 is 46.3 Å². The van der Waals surface area contributed by atoms with E-state index in [-0.39, 0.29) is 10.8 Å². The second kappa shape index (κ2) is 16.1. The molecule has 2 aliphatic rings. The van der Waals surface area contributed by atoms with Crippen LogP contribution in [-0.2, 0) is 47.0 Å². The number of carbonyl (C=O) groups excluding carboxylic acids is 2. The van der Waals surface area contributed by atoms with Gasteiger partial charge in [-0.25, -0.2) is 9.78 Å². The highest BCUT2D eigenvalue weighted by atomic mass is 32.3. The maximum absolute atomic E-state index is 13.4. The number of nitrogens with zero attached hydrogens (tertiary/aromatic N) is 5. The number of β-lactam (4-membered cyclic amide) rings is 1. The molecule has 0 saturated carbocycles. The fourth-order valence-corrected chi connectivity index (χ4v) is 6.49. The number of carboxylic acids is 1. The number of unbranched alkanes of at least 4 members (excludes halogenated alkanes) is 1. The number of hydrogen-bond donors (Lipinski definition) is 5. The van der Waals surface area contributed by atoms with E-state index in [0.29, 0.717) is 43.0 Å². The lowest BCUT2D eigenvalue weighted by molar-refractivity contribution is -0.228. The number of carbonyl (C=O) groups is 3. The van der Waals surface area contributed by atoms with Gasteiger partial charge in [-0.2, -0.15) is 13.5 Å². The number of amides is 1. The molecule has 4 rings (SSSR count). The Morgan fingerprint density at radius 1 is 1.24 bits per heavy atom. The third kappa shape index (κ3) is 9.24. The Labute approximate surface area is 293 Å². The topological polar surface area (TPSA) is 264 Å². The summed E-state index contributed by atoms with van der Waals surface area (Å²) in [7, 11) is -5.00. The highest BCUT2D eigenvalue weighted by molar-refractivity contribution is 7.80. The van der Waals surface area contributed by atoms with E-state index in [1.54, 1.807) is 12.1 Å². The molecule has 2 atom stereocenters. The molecule has 0 bridgehead atoms. The maximum Gasteiger partial charge on any atom is 0.418 e. The summed E-state index contributed by atoms with van der Waals surface area (Å²) in [5.74, 6) is -3.38. The first-order valence-corrected chi connectivity index (χ1v) is 18.1. The number of carboxylic acid groups (broad SMARTS) is 1. The Morgan fingerprint density at radius 3 is 2.54 bits per heavy atom. The van der Waals surface area contributed by atoms with Crippen molar-refractivity contribution in [1.29, 1.82) is 5.41 Å². The van der Waals surface area contributed by atoms with Crippen LogP contribution in [-0.4, -0.2) is 105 Å². The Morgan fingerprint density at radius 2 is 1.94 bits per heavy atom. The SMILES string of the molecule is CCCCN(CCCN)C(=N)N1Cc2ccc(OC[C@H](O/N=C(\C(=O)C[C@@H]3C(=O)N(OS(=O)(=O)O)C3(C)C)c3csc(N)n3)C(=O)O)cc2C1. The summed E-state index contributed by atoms with van der Waals surface area (Å²) in [6.07, 6.45) is 0.580. The van der Waals surface area contributed by atoms with Crippen molar-refractivity contribution in [2.75, 3.05) is 32.0 Å². The van der Waals surface area contributed by atoms with Crippen LogP contribution in [0, 0.1) is 11.3 Å². The summed E-state index contributed by atoms with van der Waals surface area (Å²) in [4.78, 5) is 51.4. The number of oxime groups is 1. The minimum atomic E-state index is -5.00. The summed E-state index contributed by atoms with van der Waals surface area (Å²) < 4.78 is 41.4. The molecule has 2 aromatic rings. The normalized spacial score (nSPS) is 17.6. The number of aromatic nitrogens is 1. The zero-order chi connectivity index (χ0) is 36.8. The summed E-state index contributed by atoms with van der Waals surface area (Å²) in [5.41, 5.74) is 11.6. The Hall–Kier alpha value is -4.37. The number of rotatable bonds is 18. The second-order valence-corrected chi connectivity index (χ2v) is 14.2. The number of nitrogen functional groups attached to an aromatic ring is 1. The predicted molar refractivity (Wildman–Crippen MR) is 181 cm³/mol. The fourth-order valence-electron chi connectivity index (χ4n) is 5.49. The quantitative estimate of drug-likeness (QED) is 0.0478. The number of anilines is 1. The molecular weight excluding hydrogens is 697 g/mol. The van der Waals surface area contributed by atoms with Crippen LogP contribution in [0.1, 0.15) is 63.3 Å². The van der Waals surface area contributed by atoms with Crippen molar-refractivity contribution in [3.05, 3.63) is 40.4 Å². The number of benzene rings is 1. The van der Waals surface area contributed by atoms with Gasteiger partial charge in [0, 0.05) is 38.0 Å². The molecule has 1 aromatic heterocycles. The van der Waals surface area contributed by atoms with Gasteiger partial charge in [0.2, 0.25) is 0 Å². The summed E-state index contributed by atoms with van der Waals surface area (Å²) in [6.45, 7) is 7.48. The largest absolute Gasteiger partial charge is 0.489 e. The first kappa shape index (κ1) is 38.4. The van der Waals surface area contributed by atoms with Crippen LogP contribution in [0.2, 0.25) is 0 Å². The number of hydrogen-bond acceptors (Lipinski definition) is 14. The van der Waals surface area contributed by atoms with Crippen molar-refractivity contribution in [2.24, 2.45) is 16.8 Å². The van der Waals surface area contributed by atoms with E-state index in [4.69, 9.17) is 31.0 Å². The van der Waals surface area contributed by atoms with Gasteiger partial charge in [-0.1, -0.05) is 24.6 Å². The lowest BCUT2D eigenvalue weighted by Crippen LogP contribution is -2.68. The van der Waals surface area contributed by atoms with Crippen molar-refractivity contribution in [3.63, 3.8) is 0 Å². The Bertz CT molecular complexity index is 1720. The van der Waals surface area contributed by atoms with Gasteiger partial charge >= 0.3 is 16.4 Å². The average molecular weight is 739 g/mol. The molecule has 274 valence electrons. The monoisotopic (exact) mass is 738 g/mol. The van der Waals surface area contributed by atoms with Crippen LogP contribution in [0.15, 0.2) is 28.7 Å². The predicted octanol–water partition coefficient (Wildman–Crippen LogP) is 1.61. The molecular formula is C30H42N8O10S2. The van der Waals surface area contributed by atoms with Gasteiger partial charge in [0.1, 0.15) is 18.1 Å². The standard InChI is InChI=1S/C30H42N8O10S2/c1-4-5-10-36(11-6-9-31)29(33)37-14-18-7-8-20(12-19(18)15-37)46-16-24(27(41)42)47-35-25(22-17-49-28(32)34-22)23(39)13-21-26(40)38(30(21,2)3)48-50(43,44)45/h7-8,12,17,21,24,33H,4-6,9-11,13-16,31H2,1-3H3,(H2,32,34)(H,41,42)(H,43,44,45)/b33-29?,35-25-/t21-,24+/m1/s1. The molecule has 7 N–H and O–H groups in total. The number of guanidine groups is 1. The minimum Gasteiger partial charge on any atom is -0.489 e. The highest BCUT2D eigenvalue weighted by Gasteiger charge is 2.57. The van der Waals surface area contributed by atoms with Crippen LogP contribution in [0.5, 0.6) is 5.75 Å². The third-order valence-corrected chi connectivity index (χ3v) is 9.33. The average Bonchev–Trinajstić information content (AvgIpc) is 3.68. The van der Waals surface area contributed by atoms with Crippen LogP contribution in [0.25, 0.3) is 0 Å². The van der Waals surface area contributed by atoms with Crippen LogP contribution in [0.3, 0.4) is 0 Å². The second-order valence-electron chi connectivity index (χ2n) is 12.3. The highest BCUT2D eigenvalue weighted by Crippen LogP contribution is 2.40. The van der Waals surface area contributed by atoms with Gasteiger partial charge in [-0.3, -0.25) is 19.6 Å². The van der Waals surface area contributed by atoms with Gasteiger partial charge in [0.15, 0.2) is 22.6 Å². The van der Waals surface area contributed by atoms with Crippen molar-refractivity contribution in [3.8, 4) is 5.75 Å². The van der Waals surface area contributed by atoms with E-state index < -0.39 is 64.4 Å². The third-order valence-electron chi connectivity index (χ3n) is 8.32. The van der Waals surface area contributed by atoms with Crippen LogP contribution >= 0.6 is 11.3 Å². The molecule has 1 aromatic carbocycles. The molecule has 0 radical (unpaired) electrons. The van der Waals surface area contributed by atoms with Gasteiger partial charge < -0.3 is 35.9 Å². The fraction of sp³-hybridized carbons (Fsp3) is 0.533. The smallest absolute Gasteiger partial charge is 0.418 e. The Kier molecular flexibility index (Phi) is 12.4. The number of fused-ring (bicyclic) bond motifs is 1. The molecule has 3 heterocycles. The number of thiazole rings is 1. The van der Waals surface area contributed by atoms with E-state index in [1.165, 1.54) is 19.2 Å². The first-order valence-electron chi connectivity index (χ1n) is 15.8. The molecule has 0 unspecified atom stereocenters. The number of ketones is 1. The molecule has 20 heteroatoms.